The zero-order valence-electron chi connectivity index (χ0n) is 7.01. The molecule has 0 aliphatic carbocycles. The molecule has 0 amide bonds. The number of carboxylic acids is 1. The molecule has 0 fully saturated rings. The van der Waals surface area contributed by atoms with Crippen LogP contribution in [0.25, 0.3) is 10.7 Å². The van der Waals surface area contributed by atoms with Gasteiger partial charge in [-0.25, -0.2) is 9.97 Å². The van der Waals surface area contributed by atoms with Crippen LogP contribution in [-0.4, -0.2) is 21.0 Å². The first-order chi connectivity index (χ1) is 6.75. The number of thiazole rings is 1. The lowest BCUT2D eigenvalue weighted by atomic mass is 10.3. The van der Waals surface area contributed by atoms with E-state index >= 15 is 0 Å². The number of nitrogens with zero attached hydrogens (tertiary/aromatic N) is 2. The van der Waals surface area contributed by atoms with E-state index in [2.05, 4.69) is 9.97 Å². The minimum Gasteiger partial charge on any atom is -0.481 e. The molecule has 2 heterocycles. The smallest absolute Gasteiger partial charge is 0.309 e. The minimum absolute atomic E-state index is 0.0612. The lowest BCUT2D eigenvalue weighted by Crippen LogP contribution is -1.99. The maximum absolute atomic E-state index is 10.4. The molecule has 2 aromatic heterocycles. The number of hydrogen-bond acceptors (Lipinski definition) is 5. The van der Waals surface area contributed by atoms with Crippen molar-refractivity contribution in [2.45, 2.75) is 6.42 Å². The normalized spacial score (nSPS) is 10.3. The molecule has 0 atom stereocenters. The Morgan fingerprint density at radius 1 is 1.64 bits per heavy atom. The average Bonchev–Trinajstić information content (AvgIpc) is 2.69. The summed E-state index contributed by atoms with van der Waals surface area (Å²) in [5, 5.41) is 10.9. The summed E-state index contributed by atoms with van der Waals surface area (Å²) in [6.07, 6.45) is 2.73. The van der Waals surface area contributed by atoms with Crippen LogP contribution in [0, 0.1) is 0 Å². The molecular formula is C8H6N2O3S. The van der Waals surface area contributed by atoms with E-state index in [0.717, 1.165) is 0 Å². The number of carbonyl (C=O) groups is 1. The van der Waals surface area contributed by atoms with Crippen LogP contribution in [0.1, 0.15) is 5.69 Å². The van der Waals surface area contributed by atoms with Crippen molar-refractivity contribution in [3.05, 3.63) is 23.7 Å². The van der Waals surface area contributed by atoms with Gasteiger partial charge in [-0.3, -0.25) is 4.79 Å². The Kier molecular flexibility index (Phi) is 2.28. The van der Waals surface area contributed by atoms with Gasteiger partial charge in [-0.1, -0.05) is 0 Å². The third-order valence-electron chi connectivity index (χ3n) is 1.54. The van der Waals surface area contributed by atoms with E-state index in [-0.39, 0.29) is 6.42 Å². The van der Waals surface area contributed by atoms with Gasteiger partial charge in [-0.05, 0) is 0 Å². The molecule has 0 aliphatic heterocycles. The number of aromatic nitrogens is 2. The molecule has 5 nitrogen and oxygen atoms in total. The van der Waals surface area contributed by atoms with Crippen LogP contribution in [0.2, 0.25) is 0 Å². The van der Waals surface area contributed by atoms with Crippen molar-refractivity contribution in [2.24, 2.45) is 0 Å². The molecule has 6 heteroatoms. The molecule has 1 N–H and O–H groups in total. The van der Waals surface area contributed by atoms with Gasteiger partial charge in [0.15, 0.2) is 6.39 Å². The molecular weight excluding hydrogens is 204 g/mol. The van der Waals surface area contributed by atoms with Crippen molar-refractivity contribution in [3.63, 3.8) is 0 Å². The monoisotopic (exact) mass is 210 g/mol. The van der Waals surface area contributed by atoms with Crippen LogP contribution in [-0.2, 0) is 11.2 Å². The summed E-state index contributed by atoms with van der Waals surface area (Å²) in [6, 6.07) is 0. The molecule has 2 aromatic rings. The molecule has 0 spiro atoms. The van der Waals surface area contributed by atoms with Crippen molar-refractivity contribution in [2.75, 3.05) is 0 Å². The molecule has 0 aromatic carbocycles. The Hall–Kier alpha value is -1.69. The highest BCUT2D eigenvalue weighted by Gasteiger charge is 2.09. The summed E-state index contributed by atoms with van der Waals surface area (Å²) >= 11 is 1.35. The highest BCUT2D eigenvalue weighted by Crippen LogP contribution is 2.21. The number of oxazole rings is 1. The summed E-state index contributed by atoms with van der Waals surface area (Å²) in [5.74, 6) is -0.887. The third-order valence-corrected chi connectivity index (χ3v) is 2.45. The van der Waals surface area contributed by atoms with Crippen molar-refractivity contribution in [1.82, 2.24) is 9.97 Å². The number of carboxylic acid groups (broad SMARTS) is 1. The lowest BCUT2D eigenvalue weighted by molar-refractivity contribution is -0.136. The van der Waals surface area contributed by atoms with Gasteiger partial charge in [0, 0.05) is 5.38 Å². The quantitative estimate of drug-likeness (QED) is 0.829. The van der Waals surface area contributed by atoms with E-state index in [1.165, 1.54) is 24.0 Å². The molecule has 0 saturated heterocycles. The minimum atomic E-state index is -0.887. The van der Waals surface area contributed by atoms with E-state index in [1.807, 2.05) is 0 Å². The SMILES string of the molecule is O=C(O)Cc1csc(-c2cocn2)n1. The van der Waals surface area contributed by atoms with Crippen LogP contribution in [0.4, 0.5) is 0 Å². The summed E-state index contributed by atoms with van der Waals surface area (Å²) in [6.45, 7) is 0. The first-order valence-electron chi connectivity index (χ1n) is 3.80. The Balaban J connectivity index is 2.22. The summed E-state index contributed by atoms with van der Waals surface area (Å²) < 4.78 is 4.80. The van der Waals surface area contributed by atoms with Crippen molar-refractivity contribution < 1.29 is 14.3 Å². The Labute approximate surface area is 83.0 Å². The van der Waals surface area contributed by atoms with E-state index in [9.17, 15) is 4.79 Å². The topological polar surface area (TPSA) is 76.2 Å². The van der Waals surface area contributed by atoms with Gasteiger partial charge >= 0.3 is 5.97 Å². The van der Waals surface area contributed by atoms with Crippen LogP contribution in [0.3, 0.4) is 0 Å². The molecule has 0 aliphatic rings. The highest BCUT2D eigenvalue weighted by molar-refractivity contribution is 7.13. The first-order valence-corrected chi connectivity index (χ1v) is 4.68. The number of hydrogen-bond donors (Lipinski definition) is 1. The van der Waals surface area contributed by atoms with Crippen LogP contribution in [0.5, 0.6) is 0 Å². The lowest BCUT2D eigenvalue weighted by Gasteiger charge is -1.87. The molecule has 0 radical (unpaired) electrons. The van der Waals surface area contributed by atoms with E-state index in [4.69, 9.17) is 9.52 Å². The Morgan fingerprint density at radius 3 is 3.14 bits per heavy atom. The fraction of sp³-hybridized carbons (Fsp3) is 0.125. The number of aliphatic carboxylic acids is 1. The fourth-order valence-corrected chi connectivity index (χ4v) is 1.75. The second-order valence-electron chi connectivity index (χ2n) is 2.59. The second-order valence-corrected chi connectivity index (χ2v) is 3.45. The summed E-state index contributed by atoms with van der Waals surface area (Å²) in [7, 11) is 0. The summed E-state index contributed by atoms with van der Waals surface area (Å²) in [5.41, 5.74) is 1.17. The molecule has 2 rings (SSSR count). The van der Waals surface area contributed by atoms with Gasteiger partial charge in [-0.2, -0.15) is 0 Å². The predicted molar refractivity (Wildman–Crippen MR) is 49.0 cm³/mol. The largest absolute Gasteiger partial charge is 0.481 e. The standard InChI is InChI=1S/C8H6N2O3S/c11-7(12)1-5-3-14-8(10-5)6-2-13-4-9-6/h2-4H,1H2,(H,11,12). The van der Waals surface area contributed by atoms with Gasteiger partial charge < -0.3 is 9.52 Å². The van der Waals surface area contributed by atoms with Crippen LogP contribution >= 0.6 is 11.3 Å². The Morgan fingerprint density at radius 2 is 2.50 bits per heavy atom. The second kappa shape index (κ2) is 3.59. The fourth-order valence-electron chi connectivity index (χ4n) is 0.979. The highest BCUT2D eigenvalue weighted by atomic mass is 32.1. The van der Waals surface area contributed by atoms with Crippen LogP contribution < -0.4 is 0 Å². The number of rotatable bonds is 3. The van der Waals surface area contributed by atoms with Crippen LogP contribution in [0.15, 0.2) is 22.5 Å². The van der Waals surface area contributed by atoms with Gasteiger partial charge in [0.05, 0.1) is 12.1 Å². The average molecular weight is 210 g/mol. The van der Waals surface area contributed by atoms with E-state index in [0.29, 0.717) is 16.4 Å². The van der Waals surface area contributed by atoms with Gasteiger partial charge in [0.1, 0.15) is 17.0 Å². The van der Waals surface area contributed by atoms with Gasteiger partial charge in [0.2, 0.25) is 0 Å². The predicted octanol–water partition coefficient (Wildman–Crippen LogP) is 1.43. The molecule has 14 heavy (non-hydrogen) atoms. The van der Waals surface area contributed by atoms with E-state index < -0.39 is 5.97 Å². The molecule has 72 valence electrons. The Bertz CT molecular complexity index is 435. The van der Waals surface area contributed by atoms with E-state index in [1.54, 1.807) is 5.38 Å². The van der Waals surface area contributed by atoms with Gasteiger partial charge in [-0.15, -0.1) is 11.3 Å². The molecule has 0 bridgehead atoms. The molecule has 0 saturated carbocycles. The molecule has 0 unspecified atom stereocenters. The first kappa shape index (κ1) is 8.89. The maximum atomic E-state index is 10.4. The van der Waals surface area contributed by atoms with Gasteiger partial charge in [0.25, 0.3) is 0 Å². The van der Waals surface area contributed by atoms with Crippen molar-refractivity contribution in [3.8, 4) is 10.7 Å². The summed E-state index contributed by atoms with van der Waals surface area (Å²) in [4.78, 5) is 18.4. The zero-order valence-corrected chi connectivity index (χ0v) is 7.82. The zero-order chi connectivity index (χ0) is 9.97. The third kappa shape index (κ3) is 1.80. The van der Waals surface area contributed by atoms with Crippen molar-refractivity contribution in [1.29, 1.82) is 0 Å². The van der Waals surface area contributed by atoms with Crippen molar-refractivity contribution >= 4 is 17.3 Å². The maximum Gasteiger partial charge on any atom is 0.309 e.